The van der Waals surface area contributed by atoms with E-state index in [9.17, 15) is 8.42 Å². The van der Waals surface area contributed by atoms with Crippen LogP contribution in [0.4, 0.5) is 0 Å². The number of allylic oxidation sites excluding steroid dienone is 4. The van der Waals surface area contributed by atoms with Crippen molar-refractivity contribution in [1.29, 1.82) is 0 Å². The molecule has 4 rings (SSSR count). The maximum Gasteiger partial charge on any atom is 0.261 e. The Bertz CT molecular complexity index is 640. The topological polar surface area (TPSA) is 54.4 Å². The summed E-state index contributed by atoms with van der Waals surface area (Å²) in [6, 6.07) is 0. The van der Waals surface area contributed by atoms with Gasteiger partial charge in [0, 0.05) is 0 Å². The summed E-state index contributed by atoms with van der Waals surface area (Å²) < 4.78 is 25.9. The standard InChI is InChI=1S/C19H28.CH4O3S/c1-18-11-5-7-16(18)15-9-8-14-6-3-4-12-19(14,2)17(15)10-13-18;1-5(2,3)4/h5,8,11,15-17H,3-4,6-7,9-10,12-13H2,1-2H3;1H3,(H,2,3,4)/t15-,16-,17-,18-,19-;/m0./s1. The number of rotatable bonds is 0. The van der Waals surface area contributed by atoms with Crippen molar-refractivity contribution in [2.75, 3.05) is 6.26 Å². The van der Waals surface area contributed by atoms with E-state index < -0.39 is 10.1 Å². The minimum absolute atomic E-state index is 0.539. The fraction of sp³-hybridized carbons (Fsp3) is 0.800. The van der Waals surface area contributed by atoms with E-state index in [-0.39, 0.29) is 0 Å². The summed E-state index contributed by atoms with van der Waals surface area (Å²) in [5.74, 6) is 2.91. The van der Waals surface area contributed by atoms with Gasteiger partial charge in [0.1, 0.15) is 0 Å². The Hall–Kier alpha value is -0.610. The molecule has 0 aliphatic heterocycles. The van der Waals surface area contributed by atoms with Crippen LogP contribution >= 0.6 is 0 Å². The highest BCUT2D eigenvalue weighted by Crippen LogP contribution is 2.63. The van der Waals surface area contributed by atoms with Gasteiger partial charge in [-0.2, -0.15) is 8.42 Å². The number of hydrogen-bond acceptors (Lipinski definition) is 2. The highest BCUT2D eigenvalue weighted by Gasteiger charge is 2.53. The van der Waals surface area contributed by atoms with Crippen LogP contribution in [0.15, 0.2) is 23.8 Å². The molecule has 5 atom stereocenters. The molecule has 2 fully saturated rings. The molecule has 0 aromatic heterocycles. The van der Waals surface area contributed by atoms with Crippen molar-refractivity contribution in [2.24, 2.45) is 28.6 Å². The Kier molecular flexibility index (Phi) is 4.76. The van der Waals surface area contributed by atoms with Crippen LogP contribution in [0.2, 0.25) is 0 Å². The highest BCUT2D eigenvalue weighted by molar-refractivity contribution is 7.85. The average Bonchev–Trinajstić information content (AvgIpc) is 2.86. The Balaban J connectivity index is 0.000000300. The van der Waals surface area contributed by atoms with Gasteiger partial charge in [0.25, 0.3) is 10.1 Å². The lowest BCUT2D eigenvalue weighted by molar-refractivity contribution is -0.0130. The first-order chi connectivity index (χ1) is 11.1. The second-order valence-corrected chi connectivity index (χ2v) is 10.3. The molecule has 0 aromatic rings. The van der Waals surface area contributed by atoms with Crippen LogP contribution in [0, 0.1) is 28.6 Å². The molecule has 1 N–H and O–H groups in total. The monoisotopic (exact) mass is 352 g/mol. The minimum Gasteiger partial charge on any atom is -0.286 e. The third-order valence-corrected chi connectivity index (χ3v) is 7.34. The van der Waals surface area contributed by atoms with Crippen molar-refractivity contribution in [3.8, 4) is 0 Å². The van der Waals surface area contributed by atoms with Gasteiger partial charge >= 0.3 is 0 Å². The van der Waals surface area contributed by atoms with E-state index in [0.29, 0.717) is 17.1 Å². The van der Waals surface area contributed by atoms with E-state index in [1.807, 2.05) is 5.57 Å². The van der Waals surface area contributed by atoms with Gasteiger partial charge in [-0.1, -0.05) is 44.1 Å². The molecular weight excluding hydrogens is 320 g/mol. The second kappa shape index (κ2) is 6.28. The van der Waals surface area contributed by atoms with Crippen molar-refractivity contribution in [3.05, 3.63) is 23.8 Å². The van der Waals surface area contributed by atoms with Crippen molar-refractivity contribution in [3.63, 3.8) is 0 Å². The van der Waals surface area contributed by atoms with Crippen LogP contribution in [-0.2, 0) is 10.1 Å². The maximum absolute atomic E-state index is 9.19. The largest absolute Gasteiger partial charge is 0.286 e. The predicted molar refractivity (Wildman–Crippen MR) is 98.3 cm³/mol. The van der Waals surface area contributed by atoms with Crippen LogP contribution in [0.25, 0.3) is 0 Å². The number of hydrogen-bond donors (Lipinski definition) is 1. The fourth-order valence-corrected chi connectivity index (χ4v) is 6.18. The van der Waals surface area contributed by atoms with E-state index in [0.717, 1.165) is 17.8 Å². The molecule has 0 aromatic carbocycles. The van der Waals surface area contributed by atoms with Gasteiger partial charge in [-0.3, -0.25) is 4.55 Å². The molecule has 0 amide bonds. The van der Waals surface area contributed by atoms with Gasteiger partial charge in [-0.25, -0.2) is 0 Å². The third kappa shape index (κ3) is 3.37. The molecule has 0 unspecified atom stereocenters. The predicted octanol–water partition coefficient (Wildman–Crippen LogP) is 5.01. The summed E-state index contributed by atoms with van der Waals surface area (Å²) in [5, 5.41) is 0. The molecule has 4 aliphatic carbocycles. The molecule has 4 aliphatic rings. The minimum atomic E-state index is -3.67. The molecule has 24 heavy (non-hydrogen) atoms. The second-order valence-electron chi connectivity index (χ2n) is 8.88. The lowest BCUT2D eigenvalue weighted by Crippen LogP contribution is -2.48. The van der Waals surface area contributed by atoms with Gasteiger partial charge < -0.3 is 0 Å². The van der Waals surface area contributed by atoms with E-state index in [1.165, 1.54) is 51.4 Å². The molecule has 4 heteroatoms. The summed E-state index contributed by atoms with van der Waals surface area (Å²) in [5.41, 5.74) is 2.96. The van der Waals surface area contributed by atoms with Crippen LogP contribution in [0.3, 0.4) is 0 Å². The Morgan fingerprint density at radius 1 is 1.12 bits per heavy atom. The van der Waals surface area contributed by atoms with E-state index in [4.69, 9.17) is 4.55 Å². The summed E-state index contributed by atoms with van der Waals surface area (Å²) in [6.45, 7) is 5.14. The smallest absolute Gasteiger partial charge is 0.261 e. The molecule has 3 nitrogen and oxygen atoms in total. The van der Waals surface area contributed by atoms with E-state index in [1.54, 1.807) is 0 Å². The molecule has 2 saturated carbocycles. The highest BCUT2D eigenvalue weighted by atomic mass is 32.2. The van der Waals surface area contributed by atoms with Crippen LogP contribution < -0.4 is 0 Å². The van der Waals surface area contributed by atoms with Gasteiger partial charge in [0.05, 0.1) is 6.26 Å². The van der Waals surface area contributed by atoms with Gasteiger partial charge in [-0.15, -0.1) is 0 Å². The summed E-state index contributed by atoms with van der Waals surface area (Å²) in [6.07, 6.45) is 19.9. The van der Waals surface area contributed by atoms with E-state index in [2.05, 4.69) is 32.1 Å². The van der Waals surface area contributed by atoms with Crippen molar-refractivity contribution in [1.82, 2.24) is 0 Å². The maximum atomic E-state index is 9.19. The first-order valence-electron chi connectivity index (χ1n) is 9.43. The molecule has 0 radical (unpaired) electrons. The first kappa shape index (κ1) is 18.2. The molecule has 136 valence electrons. The van der Waals surface area contributed by atoms with Crippen LogP contribution in [-0.4, -0.2) is 19.2 Å². The molecule has 0 heterocycles. The zero-order valence-corrected chi connectivity index (χ0v) is 16.1. The lowest BCUT2D eigenvalue weighted by Gasteiger charge is -2.56. The number of fused-ring (bicyclic) bond motifs is 5. The lowest BCUT2D eigenvalue weighted by atomic mass is 9.48. The Labute approximate surface area is 147 Å². The zero-order valence-electron chi connectivity index (χ0n) is 15.3. The SMILES string of the molecule is CS(=O)(=O)O.C[C@@]12C=CC[C@H]1[C@@H]1CC=C3CCCC[C@]3(C)[C@H]1CC2. The van der Waals surface area contributed by atoms with Crippen molar-refractivity contribution >= 4 is 10.1 Å². The Morgan fingerprint density at radius 2 is 1.83 bits per heavy atom. The van der Waals surface area contributed by atoms with Gasteiger partial charge in [0.2, 0.25) is 0 Å². The fourth-order valence-electron chi connectivity index (χ4n) is 6.18. The normalized spacial score (nSPS) is 43.7. The van der Waals surface area contributed by atoms with Crippen molar-refractivity contribution in [2.45, 2.75) is 65.2 Å². The van der Waals surface area contributed by atoms with Crippen LogP contribution in [0.1, 0.15) is 65.2 Å². The summed E-state index contributed by atoms with van der Waals surface area (Å²) in [7, 11) is -3.67. The summed E-state index contributed by atoms with van der Waals surface area (Å²) >= 11 is 0. The van der Waals surface area contributed by atoms with Crippen molar-refractivity contribution < 1.29 is 13.0 Å². The van der Waals surface area contributed by atoms with Crippen LogP contribution in [0.5, 0.6) is 0 Å². The molecular formula is C20H32O3S. The molecule has 0 bridgehead atoms. The Morgan fingerprint density at radius 3 is 2.54 bits per heavy atom. The van der Waals surface area contributed by atoms with E-state index >= 15 is 0 Å². The average molecular weight is 353 g/mol. The molecule has 0 saturated heterocycles. The molecule has 0 spiro atoms. The first-order valence-corrected chi connectivity index (χ1v) is 11.3. The van der Waals surface area contributed by atoms with Gasteiger partial charge in [0.15, 0.2) is 0 Å². The summed E-state index contributed by atoms with van der Waals surface area (Å²) in [4.78, 5) is 0. The van der Waals surface area contributed by atoms with Gasteiger partial charge in [-0.05, 0) is 73.5 Å². The third-order valence-electron chi connectivity index (χ3n) is 7.34. The zero-order chi connectivity index (χ0) is 17.6. The quantitative estimate of drug-likeness (QED) is 0.492.